The predicted octanol–water partition coefficient (Wildman–Crippen LogP) is 3.81. The quantitative estimate of drug-likeness (QED) is 0.463. The summed E-state index contributed by atoms with van der Waals surface area (Å²) in [6.07, 6.45) is 0.747. The molecule has 0 aliphatic rings. The highest BCUT2D eigenvalue weighted by Gasteiger charge is 2.13. The Kier molecular flexibility index (Phi) is 5.59. The molecule has 0 atom stereocenters. The van der Waals surface area contributed by atoms with Gasteiger partial charge in [-0.15, -0.1) is 5.10 Å². The summed E-state index contributed by atoms with van der Waals surface area (Å²) >= 11 is 7.28. The third-order valence-electron chi connectivity index (χ3n) is 4.08. The first-order valence-electron chi connectivity index (χ1n) is 8.59. The van der Waals surface area contributed by atoms with Crippen LogP contribution in [-0.2, 0) is 18.7 Å². The number of nitrogens with one attached hydrogen (secondary N) is 1. The van der Waals surface area contributed by atoms with Gasteiger partial charge in [-0.05, 0) is 36.2 Å². The Bertz CT molecular complexity index is 1110. The Morgan fingerprint density at radius 2 is 1.89 bits per heavy atom. The largest absolute Gasteiger partial charge is 0.343 e. The second-order valence-corrected chi connectivity index (χ2v) is 7.39. The first-order valence-corrected chi connectivity index (χ1v) is 9.96. The number of halogens is 1. The number of nitrogens with zero attached hydrogens (tertiary/aromatic N) is 4. The summed E-state index contributed by atoms with van der Waals surface area (Å²) < 4.78 is 6.93. The molecule has 0 fully saturated rings. The molecule has 0 bridgehead atoms. The van der Waals surface area contributed by atoms with Crippen LogP contribution in [0.4, 0.5) is 0 Å². The van der Waals surface area contributed by atoms with Gasteiger partial charge in [0.15, 0.2) is 11.0 Å². The fourth-order valence-electron chi connectivity index (χ4n) is 2.65. The maximum atomic E-state index is 12.1. The Morgan fingerprint density at radius 1 is 1.11 bits per heavy atom. The molecule has 2 aromatic carbocycles. The monoisotopic (exact) mass is 413 g/mol. The maximum absolute atomic E-state index is 12.1. The predicted molar refractivity (Wildman–Crippen MR) is 107 cm³/mol. The van der Waals surface area contributed by atoms with Crippen LogP contribution in [0.5, 0.6) is 0 Å². The number of hydrogen-bond acceptors (Lipinski definition) is 6. The first kappa shape index (κ1) is 18.5. The highest BCUT2D eigenvalue weighted by atomic mass is 35.5. The van der Waals surface area contributed by atoms with Crippen molar-refractivity contribution in [3.05, 3.63) is 81.5 Å². The number of aromatic amines is 1. The van der Waals surface area contributed by atoms with Crippen molar-refractivity contribution in [3.63, 3.8) is 0 Å². The van der Waals surface area contributed by atoms with Crippen LogP contribution < -0.4 is 5.69 Å². The number of hydrogen-bond donors (Lipinski definition) is 1. The Balaban J connectivity index is 1.41. The van der Waals surface area contributed by atoms with Gasteiger partial charge in [-0.1, -0.05) is 58.9 Å². The summed E-state index contributed by atoms with van der Waals surface area (Å²) in [6.45, 7) is 0.546. The van der Waals surface area contributed by atoms with Gasteiger partial charge in [-0.2, -0.15) is 4.98 Å². The van der Waals surface area contributed by atoms with Crippen molar-refractivity contribution in [3.8, 4) is 11.5 Å². The Hall–Kier alpha value is -2.84. The number of aromatic nitrogens is 5. The number of thioether (sulfide) groups is 1. The standard InChI is InChI=1S/C19H16ClN5O2S/c20-15-8-6-14(7-9-15)17-21-16(24-27-17)12-28-19-23-22-18(26)25(19)11-10-13-4-2-1-3-5-13/h1-9H,10-12H2,(H,22,26). The molecular formula is C19H16ClN5O2S. The molecule has 7 nitrogen and oxygen atoms in total. The van der Waals surface area contributed by atoms with Crippen LogP contribution >= 0.6 is 23.4 Å². The van der Waals surface area contributed by atoms with E-state index in [2.05, 4.69) is 20.3 Å². The molecule has 0 amide bonds. The van der Waals surface area contributed by atoms with E-state index in [0.29, 0.717) is 34.2 Å². The van der Waals surface area contributed by atoms with E-state index in [4.69, 9.17) is 16.1 Å². The second-order valence-electron chi connectivity index (χ2n) is 6.01. The fraction of sp³-hybridized carbons (Fsp3) is 0.158. The van der Waals surface area contributed by atoms with Gasteiger partial charge >= 0.3 is 5.69 Å². The van der Waals surface area contributed by atoms with Crippen molar-refractivity contribution in [1.82, 2.24) is 24.9 Å². The van der Waals surface area contributed by atoms with Crippen molar-refractivity contribution in [1.29, 1.82) is 0 Å². The molecule has 4 rings (SSSR count). The van der Waals surface area contributed by atoms with Crippen molar-refractivity contribution >= 4 is 23.4 Å². The van der Waals surface area contributed by atoms with Crippen molar-refractivity contribution < 1.29 is 4.52 Å². The van der Waals surface area contributed by atoms with Crippen LogP contribution in [0.2, 0.25) is 5.02 Å². The second kappa shape index (κ2) is 8.45. The van der Waals surface area contributed by atoms with Gasteiger partial charge in [0.1, 0.15) is 0 Å². The summed E-state index contributed by atoms with van der Waals surface area (Å²) in [6, 6.07) is 17.2. The molecule has 0 aliphatic carbocycles. The first-order chi connectivity index (χ1) is 13.7. The number of benzene rings is 2. The van der Waals surface area contributed by atoms with Gasteiger partial charge in [-0.25, -0.2) is 9.89 Å². The van der Waals surface area contributed by atoms with E-state index < -0.39 is 0 Å². The van der Waals surface area contributed by atoms with Crippen LogP contribution in [0.15, 0.2) is 69.1 Å². The summed E-state index contributed by atoms with van der Waals surface area (Å²) in [5.41, 5.74) is 1.73. The molecule has 142 valence electrons. The third-order valence-corrected chi connectivity index (χ3v) is 5.30. The Labute approximate surface area is 169 Å². The van der Waals surface area contributed by atoms with Crippen LogP contribution in [0.3, 0.4) is 0 Å². The van der Waals surface area contributed by atoms with Crippen LogP contribution in [0.1, 0.15) is 11.4 Å². The number of rotatable bonds is 7. The van der Waals surface area contributed by atoms with Gasteiger partial charge in [0.2, 0.25) is 0 Å². The molecule has 2 heterocycles. The van der Waals surface area contributed by atoms with Crippen molar-refractivity contribution in [2.45, 2.75) is 23.9 Å². The number of H-pyrrole nitrogens is 1. The van der Waals surface area contributed by atoms with E-state index in [1.165, 1.54) is 11.8 Å². The summed E-state index contributed by atoms with van der Waals surface area (Å²) in [7, 11) is 0. The lowest BCUT2D eigenvalue weighted by Gasteiger charge is -2.04. The summed E-state index contributed by atoms with van der Waals surface area (Å²) in [4.78, 5) is 16.4. The van der Waals surface area contributed by atoms with E-state index >= 15 is 0 Å². The molecule has 0 spiro atoms. The normalized spacial score (nSPS) is 11.0. The van der Waals surface area contributed by atoms with E-state index in [9.17, 15) is 4.79 Å². The maximum Gasteiger partial charge on any atom is 0.343 e. The molecule has 9 heteroatoms. The average molecular weight is 414 g/mol. The molecule has 0 unspecified atom stereocenters. The molecule has 4 aromatic rings. The summed E-state index contributed by atoms with van der Waals surface area (Å²) in [5, 5.41) is 11.8. The fourth-order valence-corrected chi connectivity index (χ4v) is 3.59. The molecular weight excluding hydrogens is 398 g/mol. The van der Waals surface area contributed by atoms with Gasteiger partial charge < -0.3 is 4.52 Å². The van der Waals surface area contributed by atoms with Crippen molar-refractivity contribution in [2.75, 3.05) is 0 Å². The topological polar surface area (TPSA) is 89.6 Å². The van der Waals surface area contributed by atoms with Crippen LogP contribution in [0, 0.1) is 0 Å². The van der Waals surface area contributed by atoms with Gasteiger partial charge in [0, 0.05) is 17.1 Å². The minimum atomic E-state index is -0.228. The average Bonchev–Trinajstić information content (AvgIpc) is 3.33. The van der Waals surface area contributed by atoms with E-state index in [-0.39, 0.29) is 5.69 Å². The zero-order valence-electron chi connectivity index (χ0n) is 14.7. The van der Waals surface area contributed by atoms with Gasteiger partial charge in [0.25, 0.3) is 5.89 Å². The lowest BCUT2D eigenvalue weighted by molar-refractivity contribution is 0.425. The van der Waals surface area contributed by atoms with E-state index in [1.807, 2.05) is 42.5 Å². The zero-order chi connectivity index (χ0) is 19.3. The molecule has 1 N–H and O–H groups in total. The lowest BCUT2D eigenvalue weighted by atomic mass is 10.1. The lowest BCUT2D eigenvalue weighted by Crippen LogP contribution is -2.18. The minimum Gasteiger partial charge on any atom is -0.334 e. The highest BCUT2D eigenvalue weighted by Crippen LogP contribution is 2.23. The molecule has 28 heavy (non-hydrogen) atoms. The smallest absolute Gasteiger partial charge is 0.334 e. The van der Waals surface area contributed by atoms with E-state index in [1.54, 1.807) is 16.7 Å². The number of aryl methyl sites for hydroxylation is 1. The highest BCUT2D eigenvalue weighted by molar-refractivity contribution is 7.98. The van der Waals surface area contributed by atoms with Crippen LogP contribution in [0.25, 0.3) is 11.5 Å². The Morgan fingerprint density at radius 3 is 2.68 bits per heavy atom. The van der Waals surface area contributed by atoms with Crippen molar-refractivity contribution in [2.24, 2.45) is 0 Å². The molecule has 0 saturated heterocycles. The van der Waals surface area contributed by atoms with E-state index in [0.717, 1.165) is 17.5 Å². The zero-order valence-corrected chi connectivity index (χ0v) is 16.3. The third kappa shape index (κ3) is 4.35. The molecule has 0 saturated carbocycles. The van der Waals surface area contributed by atoms with Crippen LogP contribution in [-0.4, -0.2) is 24.9 Å². The molecule has 0 radical (unpaired) electrons. The van der Waals surface area contributed by atoms with Gasteiger partial charge in [-0.3, -0.25) is 4.57 Å². The van der Waals surface area contributed by atoms with Gasteiger partial charge in [0.05, 0.1) is 5.75 Å². The summed E-state index contributed by atoms with van der Waals surface area (Å²) in [5.74, 6) is 1.39. The molecule has 2 aromatic heterocycles. The minimum absolute atomic E-state index is 0.228. The SMILES string of the molecule is O=c1[nH]nc(SCc2noc(-c3ccc(Cl)cc3)n2)n1CCc1ccccc1. The molecule has 0 aliphatic heterocycles.